The first-order chi connectivity index (χ1) is 9.33. The van der Waals surface area contributed by atoms with Gasteiger partial charge in [-0.3, -0.25) is 10.1 Å². The molecule has 1 amide bonds. The molecule has 0 saturated carbocycles. The van der Waals surface area contributed by atoms with Crippen LogP contribution in [0.1, 0.15) is 24.8 Å². The molecule has 1 aromatic heterocycles. The molecule has 19 heavy (non-hydrogen) atoms. The second-order valence-corrected chi connectivity index (χ2v) is 4.52. The summed E-state index contributed by atoms with van der Waals surface area (Å²) < 4.78 is 15.9. The molecule has 2 saturated heterocycles. The Balaban J connectivity index is 1.58. The van der Waals surface area contributed by atoms with Crippen molar-refractivity contribution in [3.8, 4) is 0 Å². The summed E-state index contributed by atoms with van der Waals surface area (Å²) in [6, 6.07) is 0.190. The third-order valence-corrected chi connectivity index (χ3v) is 3.14. The third-order valence-electron chi connectivity index (χ3n) is 3.14. The number of hydrogen-bond acceptors (Lipinski definition) is 7. The van der Waals surface area contributed by atoms with Gasteiger partial charge in [0.2, 0.25) is 5.89 Å². The van der Waals surface area contributed by atoms with Crippen LogP contribution < -0.4 is 10.6 Å². The minimum atomic E-state index is -0.617. The van der Waals surface area contributed by atoms with Crippen molar-refractivity contribution in [2.45, 2.75) is 25.0 Å². The number of anilines is 1. The van der Waals surface area contributed by atoms with Crippen LogP contribution in [0.15, 0.2) is 4.42 Å². The van der Waals surface area contributed by atoms with Gasteiger partial charge in [-0.2, -0.15) is 0 Å². The lowest BCUT2D eigenvalue weighted by atomic mass is 10.2. The molecule has 1 aromatic rings. The van der Waals surface area contributed by atoms with E-state index in [1.165, 1.54) is 0 Å². The summed E-state index contributed by atoms with van der Waals surface area (Å²) >= 11 is 0. The molecule has 0 bridgehead atoms. The largest absolute Gasteiger partial charge is 0.406 e. The van der Waals surface area contributed by atoms with Crippen LogP contribution in [0, 0.1) is 0 Å². The Kier molecular flexibility index (Phi) is 3.72. The predicted octanol–water partition coefficient (Wildman–Crippen LogP) is -0.152. The molecule has 2 aliphatic heterocycles. The smallest absolute Gasteiger partial charge is 0.322 e. The van der Waals surface area contributed by atoms with Crippen LogP contribution in [0.3, 0.4) is 0 Å². The van der Waals surface area contributed by atoms with Crippen molar-refractivity contribution in [3.05, 3.63) is 5.89 Å². The van der Waals surface area contributed by atoms with Crippen molar-refractivity contribution >= 4 is 11.9 Å². The number of carbonyl (C=O) groups is 1. The number of nitrogens with zero attached hydrogens (tertiary/aromatic N) is 2. The van der Waals surface area contributed by atoms with Crippen molar-refractivity contribution < 1.29 is 18.7 Å². The van der Waals surface area contributed by atoms with Crippen LogP contribution in [0.4, 0.5) is 6.01 Å². The lowest BCUT2D eigenvalue weighted by Crippen LogP contribution is -2.39. The molecule has 8 heteroatoms. The maximum atomic E-state index is 11.8. The highest BCUT2D eigenvalue weighted by Crippen LogP contribution is 2.22. The average molecular weight is 268 g/mol. The zero-order valence-electron chi connectivity index (χ0n) is 10.4. The van der Waals surface area contributed by atoms with Gasteiger partial charge in [-0.15, -0.1) is 5.10 Å². The van der Waals surface area contributed by atoms with Crippen molar-refractivity contribution in [2.75, 3.05) is 31.7 Å². The first-order valence-corrected chi connectivity index (χ1v) is 6.40. The van der Waals surface area contributed by atoms with Gasteiger partial charge in [0.05, 0.1) is 25.9 Å². The Labute approximate surface area is 109 Å². The van der Waals surface area contributed by atoms with E-state index in [1.54, 1.807) is 0 Å². The first-order valence-electron chi connectivity index (χ1n) is 6.40. The van der Waals surface area contributed by atoms with Gasteiger partial charge in [-0.05, 0) is 19.4 Å². The van der Waals surface area contributed by atoms with Crippen LogP contribution in [-0.4, -0.2) is 48.6 Å². The summed E-state index contributed by atoms with van der Waals surface area (Å²) in [7, 11) is 0. The molecule has 3 heterocycles. The van der Waals surface area contributed by atoms with Crippen molar-refractivity contribution in [1.82, 2.24) is 15.5 Å². The van der Waals surface area contributed by atoms with E-state index in [-0.39, 0.29) is 24.6 Å². The van der Waals surface area contributed by atoms with E-state index in [1.807, 2.05) is 0 Å². The topological polar surface area (TPSA) is 98.5 Å². The number of hydrogen-bond donors (Lipinski definition) is 2. The Morgan fingerprint density at radius 2 is 2.32 bits per heavy atom. The summed E-state index contributed by atoms with van der Waals surface area (Å²) in [4.78, 5) is 11.8. The van der Waals surface area contributed by atoms with Crippen molar-refractivity contribution in [3.63, 3.8) is 0 Å². The van der Waals surface area contributed by atoms with E-state index in [9.17, 15) is 4.79 Å². The first kappa shape index (κ1) is 12.5. The minimum absolute atomic E-state index is 0.0902. The lowest BCUT2D eigenvalue weighted by Gasteiger charge is -2.21. The molecule has 8 nitrogen and oxygen atoms in total. The summed E-state index contributed by atoms with van der Waals surface area (Å²) in [6.07, 6.45) is 1.44. The van der Waals surface area contributed by atoms with Gasteiger partial charge in [0, 0.05) is 0 Å². The Morgan fingerprint density at radius 3 is 3.05 bits per heavy atom. The fourth-order valence-electron chi connectivity index (χ4n) is 2.15. The van der Waals surface area contributed by atoms with Gasteiger partial charge in [-0.1, -0.05) is 5.10 Å². The van der Waals surface area contributed by atoms with E-state index in [2.05, 4.69) is 20.8 Å². The zero-order valence-corrected chi connectivity index (χ0v) is 10.4. The Bertz CT molecular complexity index is 438. The number of ether oxygens (including phenoxy) is 2. The molecule has 2 aliphatic rings. The molecule has 0 spiro atoms. The number of aromatic nitrogens is 2. The van der Waals surface area contributed by atoms with E-state index < -0.39 is 6.10 Å². The summed E-state index contributed by atoms with van der Waals surface area (Å²) in [5.41, 5.74) is 0. The van der Waals surface area contributed by atoms with Crippen LogP contribution >= 0.6 is 0 Å². The highest BCUT2D eigenvalue weighted by molar-refractivity contribution is 5.92. The second kappa shape index (κ2) is 5.64. The van der Waals surface area contributed by atoms with Crippen molar-refractivity contribution in [2.24, 2.45) is 0 Å². The monoisotopic (exact) mass is 268 g/mol. The average Bonchev–Trinajstić information content (AvgIpc) is 3.10. The zero-order chi connectivity index (χ0) is 13.1. The van der Waals surface area contributed by atoms with Crippen molar-refractivity contribution in [1.29, 1.82) is 0 Å². The number of amides is 1. The second-order valence-electron chi connectivity index (χ2n) is 4.52. The standard InChI is InChI=1S/C11H16N4O4/c16-9(8-6-17-4-5-18-8)13-11-15-14-10(19-11)7-2-1-3-12-7/h7-8,12H,1-6H2,(H,13,15,16). The van der Waals surface area contributed by atoms with E-state index in [0.29, 0.717) is 19.1 Å². The summed E-state index contributed by atoms with van der Waals surface area (Å²) in [5, 5.41) is 13.5. The normalized spacial score (nSPS) is 27.4. The van der Waals surface area contributed by atoms with Crippen LogP contribution in [0.2, 0.25) is 0 Å². The quantitative estimate of drug-likeness (QED) is 0.786. The van der Waals surface area contributed by atoms with Crippen LogP contribution in [-0.2, 0) is 14.3 Å². The van der Waals surface area contributed by atoms with Gasteiger partial charge in [0.1, 0.15) is 0 Å². The highest BCUT2D eigenvalue weighted by Gasteiger charge is 2.26. The maximum absolute atomic E-state index is 11.8. The minimum Gasteiger partial charge on any atom is -0.406 e. The lowest BCUT2D eigenvalue weighted by molar-refractivity contribution is -0.142. The van der Waals surface area contributed by atoms with E-state index >= 15 is 0 Å². The number of carbonyl (C=O) groups excluding carboxylic acids is 1. The maximum Gasteiger partial charge on any atom is 0.322 e. The molecule has 0 aliphatic carbocycles. The van der Waals surface area contributed by atoms with E-state index in [0.717, 1.165) is 19.4 Å². The SMILES string of the molecule is O=C(Nc1nnc(C2CCCN2)o1)C1COCCO1. The molecule has 3 rings (SSSR count). The van der Waals surface area contributed by atoms with Gasteiger partial charge in [0.15, 0.2) is 6.10 Å². The molecule has 2 N–H and O–H groups in total. The molecular formula is C11H16N4O4. The number of rotatable bonds is 3. The molecule has 2 unspecified atom stereocenters. The van der Waals surface area contributed by atoms with Gasteiger partial charge in [0.25, 0.3) is 5.91 Å². The fraction of sp³-hybridized carbons (Fsp3) is 0.727. The summed E-state index contributed by atoms with van der Waals surface area (Å²) in [6.45, 7) is 2.12. The molecular weight excluding hydrogens is 252 g/mol. The Hall–Kier alpha value is -1.51. The Morgan fingerprint density at radius 1 is 1.37 bits per heavy atom. The van der Waals surface area contributed by atoms with Gasteiger partial charge >= 0.3 is 6.01 Å². The summed E-state index contributed by atoms with van der Waals surface area (Å²) in [5.74, 6) is 0.183. The molecule has 0 radical (unpaired) electrons. The molecule has 2 fully saturated rings. The number of nitrogens with one attached hydrogen (secondary N) is 2. The predicted molar refractivity (Wildman–Crippen MR) is 63.5 cm³/mol. The highest BCUT2D eigenvalue weighted by atomic mass is 16.6. The fourth-order valence-corrected chi connectivity index (χ4v) is 2.15. The van der Waals surface area contributed by atoms with E-state index in [4.69, 9.17) is 13.9 Å². The van der Waals surface area contributed by atoms with Gasteiger partial charge < -0.3 is 19.2 Å². The van der Waals surface area contributed by atoms with Crippen LogP contribution in [0.5, 0.6) is 0 Å². The molecule has 104 valence electrons. The van der Waals surface area contributed by atoms with Gasteiger partial charge in [-0.25, -0.2) is 0 Å². The van der Waals surface area contributed by atoms with Crippen LogP contribution in [0.25, 0.3) is 0 Å². The third kappa shape index (κ3) is 2.91. The molecule has 2 atom stereocenters. The molecule has 0 aromatic carbocycles.